The lowest BCUT2D eigenvalue weighted by Crippen LogP contribution is -2.32. The van der Waals surface area contributed by atoms with Crippen LogP contribution < -0.4 is 5.73 Å². The predicted molar refractivity (Wildman–Crippen MR) is 82.4 cm³/mol. The van der Waals surface area contributed by atoms with Crippen molar-refractivity contribution >= 4 is 31.6 Å². The summed E-state index contributed by atoms with van der Waals surface area (Å²) in [6, 6.07) is 3.16. The molecule has 0 fully saturated rings. The van der Waals surface area contributed by atoms with Crippen molar-refractivity contribution in [2.45, 2.75) is 11.8 Å². The third kappa shape index (κ3) is 3.46. The molecule has 19 heavy (non-hydrogen) atoms. The minimum Gasteiger partial charge on any atom is -0.398 e. The Morgan fingerprint density at radius 2 is 1.84 bits per heavy atom. The summed E-state index contributed by atoms with van der Waals surface area (Å²) in [5.74, 6) is 0. The first kappa shape index (κ1) is 15.9. The van der Waals surface area contributed by atoms with Gasteiger partial charge in [-0.15, -0.1) is 13.2 Å². The number of nitrogens with zero attached hydrogens (tertiary/aromatic N) is 1. The van der Waals surface area contributed by atoms with Crippen LogP contribution in [-0.2, 0) is 10.0 Å². The normalized spacial score (nSPS) is 11.5. The first-order chi connectivity index (χ1) is 8.84. The summed E-state index contributed by atoms with van der Waals surface area (Å²) in [6.07, 6.45) is 3.08. The standard InChI is InChI=1S/C13H17BrN2O2S/c1-4-6-16(7-5-2)19(17,18)13-9-12(15)11(14)8-10(13)3/h4-5,8-9H,1-2,6-7,15H2,3H3. The molecule has 1 rings (SSSR count). The molecule has 0 radical (unpaired) electrons. The molecule has 0 aliphatic rings. The van der Waals surface area contributed by atoms with Crippen molar-refractivity contribution in [3.8, 4) is 0 Å². The fourth-order valence-corrected chi connectivity index (χ4v) is 3.73. The molecule has 0 aliphatic carbocycles. The lowest BCUT2D eigenvalue weighted by molar-refractivity contribution is 0.474. The highest BCUT2D eigenvalue weighted by Gasteiger charge is 2.25. The van der Waals surface area contributed by atoms with Gasteiger partial charge in [-0.25, -0.2) is 8.42 Å². The average molecular weight is 345 g/mol. The number of halogens is 1. The number of aryl methyl sites for hydroxylation is 1. The first-order valence-corrected chi connectivity index (χ1v) is 7.85. The Labute approximate surface area is 122 Å². The number of hydrogen-bond acceptors (Lipinski definition) is 3. The van der Waals surface area contributed by atoms with Gasteiger partial charge in [-0.2, -0.15) is 4.31 Å². The van der Waals surface area contributed by atoms with Crippen LogP contribution in [0, 0.1) is 6.92 Å². The van der Waals surface area contributed by atoms with E-state index in [0.29, 0.717) is 15.7 Å². The third-order valence-electron chi connectivity index (χ3n) is 2.58. The van der Waals surface area contributed by atoms with Crippen molar-refractivity contribution in [1.29, 1.82) is 0 Å². The van der Waals surface area contributed by atoms with Crippen LogP contribution in [0.25, 0.3) is 0 Å². The van der Waals surface area contributed by atoms with E-state index < -0.39 is 10.0 Å². The van der Waals surface area contributed by atoms with E-state index in [1.165, 1.54) is 10.4 Å². The smallest absolute Gasteiger partial charge is 0.243 e. The van der Waals surface area contributed by atoms with E-state index in [2.05, 4.69) is 29.1 Å². The number of nitrogens with two attached hydrogens (primary N) is 1. The van der Waals surface area contributed by atoms with E-state index in [1.54, 1.807) is 25.1 Å². The summed E-state index contributed by atoms with van der Waals surface area (Å²) < 4.78 is 27.1. The van der Waals surface area contributed by atoms with Crippen molar-refractivity contribution in [3.05, 3.63) is 47.5 Å². The van der Waals surface area contributed by atoms with E-state index in [1.807, 2.05) is 0 Å². The quantitative estimate of drug-likeness (QED) is 0.637. The van der Waals surface area contributed by atoms with E-state index >= 15 is 0 Å². The van der Waals surface area contributed by atoms with Crippen molar-refractivity contribution in [2.75, 3.05) is 18.8 Å². The molecule has 104 valence electrons. The van der Waals surface area contributed by atoms with Crippen LogP contribution in [0.3, 0.4) is 0 Å². The third-order valence-corrected chi connectivity index (χ3v) is 5.24. The van der Waals surface area contributed by atoms with Crippen molar-refractivity contribution in [3.63, 3.8) is 0 Å². The van der Waals surface area contributed by atoms with Gasteiger partial charge >= 0.3 is 0 Å². The number of anilines is 1. The molecule has 2 N–H and O–H groups in total. The fourth-order valence-electron chi connectivity index (χ4n) is 1.64. The Bertz CT molecular complexity index is 587. The number of hydrogen-bond donors (Lipinski definition) is 1. The summed E-state index contributed by atoms with van der Waals surface area (Å²) in [6.45, 7) is 9.33. The maximum atomic E-state index is 12.6. The summed E-state index contributed by atoms with van der Waals surface area (Å²) >= 11 is 3.28. The monoisotopic (exact) mass is 344 g/mol. The molecule has 0 atom stereocenters. The molecule has 0 bridgehead atoms. The van der Waals surface area contributed by atoms with Crippen LogP contribution in [0.15, 0.2) is 46.8 Å². The van der Waals surface area contributed by atoms with E-state index in [4.69, 9.17) is 5.73 Å². The summed E-state index contributed by atoms with van der Waals surface area (Å²) in [5.41, 5.74) is 6.79. The van der Waals surface area contributed by atoms with Crippen LogP contribution in [0.2, 0.25) is 0 Å². The van der Waals surface area contributed by atoms with Gasteiger partial charge < -0.3 is 5.73 Å². The van der Waals surface area contributed by atoms with Gasteiger partial charge in [0, 0.05) is 23.2 Å². The molecule has 6 heteroatoms. The molecule has 1 aromatic rings. The van der Waals surface area contributed by atoms with Gasteiger partial charge in [0.2, 0.25) is 10.0 Å². The molecule has 0 amide bonds. The maximum absolute atomic E-state index is 12.6. The highest BCUT2D eigenvalue weighted by Crippen LogP contribution is 2.28. The Morgan fingerprint density at radius 3 is 2.32 bits per heavy atom. The molecule has 0 aliphatic heterocycles. The highest BCUT2D eigenvalue weighted by atomic mass is 79.9. The Kier molecular flexibility index (Phi) is 5.34. The number of rotatable bonds is 6. The highest BCUT2D eigenvalue weighted by molar-refractivity contribution is 9.10. The maximum Gasteiger partial charge on any atom is 0.243 e. The average Bonchev–Trinajstić information content (AvgIpc) is 2.33. The minimum absolute atomic E-state index is 0.205. The van der Waals surface area contributed by atoms with Crippen molar-refractivity contribution < 1.29 is 8.42 Å². The lowest BCUT2D eigenvalue weighted by atomic mass is 10.2. The minimum atomic E-state index is -3.61. The second kappa shape index (κ2) is 6.36. The molecule has 0 saturated carbocycles. The molecule has 0 aromatic heterocycles. The largest absolute Gasteiger partial charge is 0.398 e. The lowest BCUT2D eigenvalue weighted by Gasteiger charge is -2.20. The Hall–Kier alpha value is -1.11. The molecular formula is C13H17BrN2O2S. The summed E-state index contributed by atoms with van der Waals surface area (Å²) in [5, 5.41) is 0. The van der Waals surface area contributed by atoms with Gasteiger partial charge in [0.1, 0.15) is 0 Å². The predicted octanol–water partition coefficient (Wildman–Crippen LogP) is 2.70. The van der Waals surface area contributed by atoms with Gasteiger partial charge in [0.25, 0.3) is 0 Å². The van der Waals surface area contributed by atoms with Gasteiger partial charge in [0.15, 0.2) is 0 Å². The first-order valence-electron chi connectivity index (χ1n) is 5.62. The van der Waals surface area contributed by atoms with Crippen LogP contribution in [0.1, 0.15) is 5.56 Å². The zero-order chi connectivity index (χ0) is 14.6. The van der Waals surface area contributed by atoms with Crippen LogP contribution in [0.4, 0.5) is 5.69 Å². The Balaban J connectivity index is 3.36. The van der Waals surface area contributed by atoms with E-state index in [9.17, 15) is 8.42 Å². The zero-order valence-electron chi connectivity index (χ0n) is 10.8. The second-order valence-corrected chi connectivity index (χ2v) is 6.80. The molecule has 0 heterocycles. The number of sulfonamides is 1. The molecule has 1 aromatic carbocycles. The van der Waals surface area contributed by atoms with Crippen LogP contribution in [0.5, 0.6) is 0 Å². The fraction of sp³-hybridized carbons (Fsp3) is 0.231. The number of nitrogen functional groups attached to an aromatic ring is 1. The summed E-state index contributed by atoms with van der Waals surface area (Å²) in [7, 11) is -3.61. The molecule has 4 nitrogen and oxygen atoms in total. The van der Waals surface area contributed by atoms with Gasteiger partial charge in [-0.05, 0) is 40.5 Å². The molecule has 0 unspecified atom stereocenters. The Morgan fingerprint density at radius 1 is 1.32 bits per heavy atom. The van der Waals surface area contributed by atoms with Crippen LogP contribution in [-0.4, -0.2) is 25.8 Å². The van der Waals surface area contributed by atoms with Gasteiger partial charge in [-0.1, -0.05) is 12.2 Å². The SMILES string of the molecule is C=CCN(CC=C)S(=O)(=O)c1cc(N)c(Br)cc1C. The van der Waals surface area contributed by atoms with Gasteiger partial charge in [0.05, 0.1) is 4.90 Å². The number of benzene rings is 1. The molecule has 0 saturated heterocycles. The van der Waals surface area contributed by atoms with Crippen LogP contribution >= 0.6 is 15.9 Å². The van der Waals surface area contributed by atoms with E-state index in [0.717, 1.165) is 0 Å². The topological polar surface area (TPSA) is 63.4 Å². The second-order valence-electron chi connectivity index (χ2n) is 4.04. The van der Waals surface area contributed by atoms with E-state index in [-0.39, 0.29) is 18.0 Å². The zero-order valence-corrected chi connectivity index (χ0v) is 13.2. The molecular weight excluding hydrogens is 328 g/mol. The van der Waals surface area contributed by atoms with Crippen molar-refractivity contribution in [1.82, 2.24) is 4.31 Å². The summed E-state index contributed by atoms with van der Waals surface area (Å²) in [4.78, 5) is 0.205. The molecule has 0 spiro atoms. The van der Waals surface area contributed by atoms with Crippen molar-refractivity contribution in [2.24, 2.45) is 0 Å². The van der Waals surface area contributed by atoms with Gasteiger partial charge in [-0.3, -0.25) is 0 Å².